The van der Waals surface area contributed by atoms with Gasteiger partial charge in [-0.15, -0.1) is 0 Å². The van der Waals surface area contributed by atoms with Crippen LogP contribution >= 0.6 is 0 Å². The standard InChI is InChI=1S/C13H10N2/c1-10-5-7-11(8-6-10)13-4-2-3-12(9-14)15-13/h2-8H,1H3. The fraction of sp³-hybridized carbons (Fsp3) is 0.0769. The molecule has 2 aromatic rings. The minimum atomic E-state index is 0.452. The van der Waals surface area contributed by atoms with Gasteiger partial charge < -0.3 is 0 Å². The van der Waals surface area contributed by atoms with Gasteiger partial charge in [-0.1, -0.05) is 35.9 Å². The zero-order chi connectivity index (χ0) is 10.7. The van der Waals surface area contributed by atoms with Gasteiger partial charge in [0.25, 0.3) is 0 Å². The number of pyridine rings is 1. The van der Waals surface area contributed by atoms with Crippen LogP contribution in [0, 0.1) is 18.3 Å². The zero-order valence-electron chi connectivity index (χ0n) is 8.44. The highest BCUT2D eigenvalue weighted by molar-refractivity contribution is 5.59. The van der Waals surface area contributed by atoms with Crippen LogP contribution in [0.1, 0.15) is 11.3 Å². The van der Waals surface area contributed by atoms with Gasteiger partial charge in [-0.05, 0) is 19.1 Å². The Bertz CT molecular complexity index is 507. The van der Waals surface area contributed by atoms with E-state index in [2.05, 4.69) is 4.98 Å². The van der Waals surface area contributed by atoms with Crippen LogP contribution in [-0.2, 0) is 0 Å². The first-order valence-electron chi connectivity index (χ1n) is 4.74. The summed E-state index contributed by atoms with van der Waals surface area (Å²) in [4.78, 5) is 4.23. The van der Waals surface area contributed by atoms with Crippen molar-refractivity contribution in [2.24, 2.45) is 0 Å². The summed E-state index contributed by atoms with van der Waals surface area (Å²) in [6.45, 7) is 2.04. The third kappa shape index (κ3) is 2.03. The van der Waals surface area contributed by atoms with Crippen LogP contribution < -0.4 is 0 Å². The molecule has 0 saturated carbocycles. The van der Waals surface area contributed by atoms with Crippen molar-refractivity contribution in [2.45, 2.75) is 6.92 Å². The molecule has 15 heavy (non-hydrogen) atoms. The van der Waals surface area contributed by atoms with Crippen molar-refractivity contribution in [3.8, 4) is 17.3 Å². The van der Waals surface area contributed by atoms with Gasteiger partial charge in [0, 0.05) is 5.56 Å². The molecule has 0 aliphatic carbocycles. The number of rotatable bonds is 1. The van der Waals surface area contributed by atoms with Gasteiger partial charge in [0.2, 0.25) is 0 Å². The Balaban J connectivity index is 2.46. The smallest absolute Gasteiger partial charge is 0.141 e. The van der Waals surface area contributed by atoms with E-state index in [1.807, 2.05) is 49.4 Å². The van der Waals surface area contributed by atoms with Gasteiger partial charge >= 0.3 is 0 Å². The SMILES string of the molecule is Cc1ccc(-c2cccc(C#N)n2)cc1. The molecule has 0 radical (unpaired) electrons. The molecule has 1 aromatic heterocycles. The average molecular weight is 194 g/mol. The molecule has 2 nitrogen and oxygen atoms in total. The van der Waals surface area contributed by atoms with E-state index in [0.717, 1.165) is 11.3 Å². The Hall–Kier alpha value is -2.14. The van der Waals surface area contributed by atoms with Crippen molar-refractivity contribution in [1.29, 1.82) is 5.26 Å². The van der Waals surface area contributed by atoms with Crippen molar-refractivity contribution in [2.75, 3.05) is 0 Å². The molecule has 0 amide bonds. The molecule has 2 heteroatoms. The largest absolute Gasteiger partial charge is 0.237 e. The molecular formula is C13H10N2. The first-order valence-corrected chi connectivity index (χ1v) is 4.74. The first-order chi connectivity index (χ1) is 7.29. The van der Waals surface area contributed by atoms with Crippen molar-refractivity contribution in [1.82, 2.24) is 4.98 Å². The van der Waals surface area contributed by atoms with E-state index < -0.39 is 0 Å². The predicted molar refractivity (Wildman–Crippen MR) is 59.1 cm³/mol. The summed E-state index contributed by atoms with van der Waals surface area (Å²) in [5.41, 5.74) is 3.55. The lowest BCUT2D eigenvalue weighted by molar-refractivity contribution is 1.26. The van der Waals surface area contributed by atoms with E-state index in [0.29, 0.717) is 5.69 Å². The molecule has 0 aliphatic rings. The summed E-state index contributed by atoms with van der Waals surface area (Å²) in [5.74, 6) is 0. The van der Waals surface area contributed by atoms with E-state index in [-0.39, 0.29) is 0 Å². The maximum absolute atomic E-state index is 8.74. The zero-order valence-corrected chi connectivity index (χ0v) is 8.44. The lowest BCUT2D eigenvalue weighted by atomic mass is 10.1. The van der Waals surface area contributed by atoms with Crippen LogP contribution in [0.15, 0.2) is 42.5 Å². The van der Waals surface area contributed by atoms with Gasteiger partial charge in [0.15, 0.2) is 0 Å². The van der Waals surface area contributed by atoms with E-state index in [9.17, 15) is 0 Å². The second kappa shape index (κ2) is 3.93. The molecule has 1 heterocycles. The maximum atomic E-state index is 8.74. The lowest BCUT2D eigenvalue weighted by Crippen LogP contribution is -1.86. The van der Waals surface area contributed by atoms with Gasteiger partial charge in [0.05, 0.1) is 5.69 Å². The predicted octanol–water partition coefficient (Wildman–Crippen LogP) is 2.93. The number of nitrogens with zero attached hydrogens (tertiary/aromatic N) is 2. The quantitative estimate of drug-likeness (QED) is 0.699. The first kappa shape index (κ1) is 9.42. The van der Waals surface area contributed by atoms with Gasteiger partial charge in [0.1, 0.15) is 11.8 Å². The summed E-state index contributed by atoms with van der Waals surface area (Å²) >= 11 is 0. The summed E-state index contributed by atoms with van der Waals surface area (Å²) < 4.78 is 0. The van der Waals surface area contributed by atoms with Gasteiger partial charge in [-0.2, -0.15) is 5.26 Å². The molecule has 0 N–H and O–H groups in total. The Morgan fingerprint density at radius 2 is 1.80 bits per heavy atom. The summed E-state index contributed by atoms with van der Waals surface area (Å²) in [6.07, 6.45) is 0. The molecule has 0 bridgehead atoms. The highest BCUT2D eigenvalue weighted by Crippen LogP contribution is 2.17. The Kier molecular flexibility index (Phi) is 2.47. The number of nitriles is 1. The normalized spacial score (nSPS) is 9.60. The van der Waals surface area contributed by atoms with Crippen molar-refractivity contribution in [3.05, 3.63) is 53.7 Å². The molecule has 72 valence electrons. The molecule has 0 atom stereocenters. The molecular weight excluding hydrogens is 184 g/mol. The molecule has 2 rings (SSSR count). The van der Waals surface area contributed by atoms with Crippen LogP contribution in [0.4, 0.5) is 0 Å². The fourth-order valence-corrected chi connectivity index (χ4v) is 1.38. The summed E-state index contributed by atoms with van der Waals surface area (Å²) in [5, 5.41) is 8.74. The highest BCUT2D eigenvalue weighted by Gasteiger charge is 1.99. The van der Waals surface area contributed by atoms with E-state index >= 15 is 0 Å². The molecule has 0 spiro atoms. The van der Waals surface area contributed by atoms with Crippen LogP contribution in [0.25, 0.3) is 11.3 Å². The van der Waals surface area contributed by atoms with Gasteiger partial charge in [-0.25, -0.2) is 4.98 Å². The second-order valence-corrected chi connectivity index (χ2v) is 3.39. The minimum Gasteiger partial charge on any atom is -0.237 e. The molecule has 0 aliphatic heterocycles. The van der Waals surface area contributed by atoms with Crippen LogP contribution in [0.5, 0.6) is 0 Å². The maximum Gasteiger partial charge on any atom is 0.141 e. The van der Waals surface area contributed by atoms with Crippen molar-refractivity contribution >= 4 is 0 Å². The Morgan fingerprint density at radius 3 is 2.47 bits per heavy atom. The summed E-state index contributed by atoms with van der Waals surface area (Å²) in [6, 6.07) is 15.6. The highest BCUT2D eigenvalue weighted by atomic mass is 14.7. The van der Waals surface area contributed by atoms with E-state index in [1.54, 1.807) is 6.07 Å². The Labute approximate surface area is 88.8 Å². The monoisotopic (exact) mass is 194 g/mol. The van der Waals surface area contributed by atoms with Crippen LogP contribution in [-0.4, -0.2) is 4.98 Å². The third-order valence-electron chi connectivity index (χ3n) is 2.21. The average Bonchev–Trinajstić information content (AvgIpc) is 2.30. The lowest BCUT2D eigenvalue weighted by Gasteiger charge is -2.01. The fourth-order valence-electron chi connectivity index (χ4n) is 1.38. The van der Waals surface area contributed by atoms with Crippen LogP contribution in [0.3, 0.4) is 0 Å². The third-order valence-corrected chi connectivity index (χ3v) is 2.21. The summed E-state index contributed by atoms with van der Waals surface area (Å²) in [7, 11) is 0. The number of hydrogen-bond acceptors (Lipinski definition) is 2. The molecule has 0 fully saturated rings. The van der Waals surface area contributed by atoms with Crippen molar-refractivity contribution in [3.63, 3.8) is 0 Å². The van der Waals surface area contributed by atoms with Gasteiger partial charge in [-0.3, -0.25) is 0 Å². The second-order valence-electron chi connectivity index (χ2n) is 3.39. The topological polar surface area (TPSA) is 36.7 Å². The molecule has 0 unspecified atom stereocenters. The number of aryl methyl sites for hydroxylation is 1. The number of aromatic nitrogens is 1. The van der Waals surface area contributed by atoms with E-state index in [1.165, 1.54) is 5.56 Å². The van der Waals surface area contributed by atoms with Crippen molar-refractivity contribution < 1.29 is 0 Å². The van der Waals surface area contributed by atoms with Crippen LogP contribution in [0.2, 0.25) is 0 Å². The minimum absolute atomic E-state index is 0.452. The number of hydrogen-bond donors (Lipinski definition) is 0. The Morgan fingerprint density at radius 1 is 1.07 bits per heavy atom. The molecule has 0 saturated heterocycles. The number of benzene rings is 1. The van der Waals surface area contributed by atoms with E-state index in [4.69, 9.17) is 5.26 Å². The molecule has 1 aromatic carbocycles.